The predicted molar refractivity (Wildman–Crippen MR) is 90.5 cm³/mol. The minimum atomic E-state index is 0.0220. The first-order chi connectivity index (χ1) is 10.7. The van der Waals surface area contributed by atoms with Crippen molar-refractivity contribution < 1.29 is 4.79 Å². The number of terminal acetylenes is 1. The van der Waals surface area contributed by atoms with Crippen LogP contribution in [0.2, 0.25) is 0 Å². The molecule has 0 aliphatic heterocycles. The number of carbonyl (C=O) groups excluding carboxylic acids is 1. The monoisotopic (exact) mass is 312 g/mol. The summed E-state index contributed by atoms with van der Waals surface area (Å²) in [5.74, 6) is 2.79. The van der Waals surface area contributed by atoms with Crippen molar-refractivity contribution in [1.82, 2.24) is 4.57 Å². The van der Waals surface area contributed by atoms with Crippen molar-refractivity contribution in [2.45, 2.75) is 45.6 Å². The van der Waals surface area contributed by atoms with Crippen molar-refractivity contribution in [3.63, 3.8) is 0 Å². The van der Waals surface area contributed by atoms with Gasteiger partial charge in [-0.3, -0.25) is 4.79 Å². The molecule has 3 rings (SSSR count). The van der Waals surface area contributed by atoms with Crippen molar-refractivity contribution in [3.05, 3.63) is 28.6 Å². The van der Waals surface area contributed by atoms with Gasteiger partial charge < -0.3 is 4.57 Å². The van der Waals surface area contributed by atoms with E-state index in [1.807, 2.05) is 4.57 Å². The molecule has 1 aromatic carbocycles. The lowest BCUT2D eigenvalue weighted by Gasteiger charge is -2.17. The Bertz CT molecular complexity index is 801. The van der Waals surface area contributed by atoms with Gasteiger partial charge in [0.25, 0.3) is 5.91 Å². The van der Waals surface area contributed by atoms with Gasteiger partial charge in [-0.15, -0.1) is 6.42 Å². The van der Waals surface area contributed by atoms with Gasteiger partial charge in [-0.1, -0.05) is 42.6 Å². The van der Waals surface area contributed by atoms with Crippen LogP contribution in [0.1, 0.15) is 37.7 Å². The molecule has 0 N–H and O–H groups in total. The number of carbonyl (C=O) groups is 1. The fourth-order valence-corrected chi connectivity index (χ4v) is 4.18. The van der Waals surface area contributed by atoms with E-state index in [2.05, 4.69) is 36.0 Å². The topological polar surface area (TPSA) is 34.4 Å². The van der Waals surface area contributed by atoms with E-state index in [0.717, 1.165) is 40.7 Å². The quantitative estimate of drug-likeness (QED) is 0.779. The first-order valence-corrected chi connectivity index (χ1v) is 8.62. The lowest BCUT2D eigenvalue weighted by Crippen LogP contribution is -2.21. The van der Waals surface area contributed by atoms with Gasteiger partial charge in [-0.25, -0.2) is 0 Å². The molecule has 0 unspecified atom stereocenters. The Morgan fingerprint density at radius 2 is 2.18 bits per heavy atom. The molecule has 1 heterocycles. The molecule has 0 atom stereocenters. The highest BCUT2D eigenvalue weighted by Gasteiger charge is 2.21. The number of hydrogen-bond acceptors (Lipinski definition) is 2. The minimum absolute atomic E-state index is 0.0220. The van der Waals surface area contributed by atoms with E-state index in [1.54, 1.807) is 11.3 Å². The standard InChI is InChI=1S/C18H20N2OS/c1-3-11-20-15-10-9-13(2)12-16(15)22-18(20)19-17(21)14-7-5-4-6-8-14/h1,9-10,12,14H,4-8,11H2,2H3. The summed E-state index contributed by atoms with van der Waals surface area (Å²) in [4.78, 5) is 17.6. The third-order valence-corrected chi connectivity index (χ3v) is 5.29. The third-order valence-electron chi connectivity index (χ3n) is 4.25. The fraction of sp³-hybridized carbons (Fsp3) is 0.444. The highest BCUT2D eigenvalue weighted by molar-refractivity contribution is 7.16. The normalized spacial score (nSPS) is 16.8. The Morgan fingerprint density at radius 1 is 1.41 bits per heavy atom. The molecule has 3 nitrogen and oxygen atoms in total. The Balaban J connectivity index is 2.04. The predicted octanol–water partition coefficient (Wildman–Crippen LogP) is 3.65. The van der Waals surface area contributed by atoms with Gasteiger partial charge in [0, 0.05) is 5.92 Å². The maximum absolute atomic E-state index is 12.4. The van der Waals surface area contributed by atoms with Gasteiger partial charge in [-0.2, -0.15) is 4.99 Å². The Hall–Kier alpha value is -1.86. The van der Waals surface area contributed by atoms with Crippen LogP contribution in [-0.2, 0) is 11.3 Å². The summed E-state index contributed by atoms with van der Waals surface area (Å²) in [6, 6.07) is 6.24. The second-order valence-corrected chi connectivity index (χ2v) is 6.94. The molecule has 2 aromatic rings. The Morgan fingerprint density at radius 3 is 2.91 bits per heavy atom. The van der Waals surface area contributed by atoms with Crippen LogP contribution < -0.4 is 4.80 Å². The number of nitrogens with zero attached hydrogens (tertiary/aromatic N) is 2. The highest BCUT2D eigenvalue weighted by Crippen LogP contribution is 2.25. The van der Waals surface area contributed by atoms with E-state index >= 15 is 0 Å². The molecule has 0 saturated heterocycles. The van der Waals surface area contributed by atoms with E-state index < -0.39 is 0 Å². The van der Waals surface area contributed by atoms with Gasteiger partial charge in [0.2, 0.25) is 0 Å². The van der Waals surface area contributed by atoms with Crippen LogP contribution >= 0.6 is 11.3 Å². The van der Waals surface area contributed by atoms with E-state index in [4.69, 9.17) is 6.42 Å². The third kappa shape index (κ3) is 3.00. The summed E-state index contributed by atoms with van der Waals surface area (Å²) in [5, 5.41) is 0. The average Bonchev–Trinajstić information content (AvgIpc) is 2.85. The van der Waals surface area contributed by atoms with Crippen molar-refractivity contribution in [1.29, 1.82) is 0 Å². The molecule has 1 fully saturated rings. The molecule has 0 radical (unpaired) electrons. The molecule has 0 bridgehead atoms. The number of aryl methyl sites for hydroxylation is 1. The molecular weight excluding hydrogens is 292 g/mol. The molecule has 1 amide bonds. The summed E-state index contributed by atoms with van der Waals surface area (Å²) in [7, 11) is 0. The van der Waals surface area contributed by atoms with E-state index in [-0.39, 0.29) is 11.8 Å². The molecule has 1 aliphatic carbocycles. The number of aromatic nitrogens is 1. The van der Waals surface area contributed by atoms with Crippen molar-refractivity contribution >= 4 is 27.5 Å². The van der Waals surface area contributed by atoms with Crippen LogP contribution in [0.5, 0.6) is 0 Å². The van der Waals surface area contributed by atoms with Crippen LogP contribution in [0, 0.1) is 25.2 Å². The molecule has 0 spiro atoms. The van der Waals surface area contributed by atoms with Crippen LogP contribution in [0.15, 0.2) is 23.2 Å². The number of amides is 1. The maximum atomic E-state index is 12.4. The van der Waals surface area contributed by atoms with Crippen molar-refractivity contribution in [2.75, 3.05) is 0 Å². The zero-order valence-electron chi connectivity index (χ0n) is 12.8. The Kier molecular flexibility index (Phi) is 4.44. The highest BCUT2D eigenvalue weighted by atomic mass is 32.1. The summed E-state index contributed by atoms with van der Waals surface area (Å²) < 4.78 is 3.10. The van der Waals surface area contributed by atoms with Gasteiger partial charge in [0.05, 0.1) is 16.8 Å². The number of hydrogen-bond donors (Lipinski definition) is 0. The molecule has 22 heavy (non-hydrogen) atoms. The van der Waals surface area contributed by atoms with Crippen molar-refractivity contribution in [2.24, 2.45) is 10.9 Å². The van der Waals surface area contributed by atoms with Crippen LogP contribution in [0.25, 0.3) is 10.2 Å². The number of thiazole rings is 1. The molecule has 1 saturated carbocycles. The zero-order valence-corrected chi connectivity index (χ0v) is 13.7. The number of fused-ring (bicyclic) bond motifs is 1. The second-order valence-electron chi connectivity index (χ2n) is 5.93. The minimum Gasteiger partial charge on any atom is -0.305 e. The van der Waals surface area contributed by atoms with Crippen molar-refractivity contribution in [3.8, 4) is 12.3 Å². The summed E-state index contributed by atoms with van der Waals surface area (Å²) >= 11 is 1.55. The lowest BCUT2D eigenvalue weighted by atomic mass is 9.89. The maximum Gasteiger partial charge on any atom is 0.251 e. The average molecular weight is 312 g/mol. The van der Waals surface area contributed by atoms with Gasteiger partial charge in [-0.05, 0) is 37.5 Å². The SMILES string of the molecule is C#CCn1c(=NC(=O)C2CCCCC2)sc2cc(C)ccc21. The molecule has 1 aromatic heterocycles. The van der Waals surface area contributed by atoms with Crippen LogP contribution in [0.3, 0.4) is 0 Å². The Labute approximate surface area is 134 Å². The first kappa shape index (κ1) is 15.1. The number of benzene rings is 1. The lowest BCUT2D eigenvalue weighted by molar-refractivity contribution is -0.122. The summed E-state index contributed by atoms with van der Waals surface area (Å²) in [6.07, 6.45) is 11.0. The molecule has 1 aliphatic rings. The fourth-order valence-electron chi connectivity index (χ4n) is 3.04. The smallest absolute Gasteiger partial charge is 0.251 e. The molecular formula is C18H20N2OS. The van der Waals surface area contributed by atoms with E-state index in [9.17, 15) is 4.79 Å². The summed E-state index contributed by atoms with van der Waals surface area (Å²) in [6.45, 7) is 2.51. The first-order valence-electron chi connectivity index (χ1n) is 7.81. The van der Waals surface area contributed by atoms with Gasteiger partial charge >= 0.3 is 0 Å². The summed E-state index contributed by atoms with van der Waals surface area (Å²) in [5.41, 5.74) is 2.26. The molecule has 114 valence electrons. The van der Waals surface area contributed by atoms with E-state index in [1.165, 1.54) is 12.0 Å². The number of rotatable bonds is 2. The molecule has 4 heteroatoms. The van der Waals surface area contributed by atoms with Gasteiger partial charge in [0.1, 0.15) is 0 Å². The van der Waals surface area contributed by atoms with Crippen LogP contribution in [0.4, 0.5) is 0 Å². The van der Waals surface area contributed by atoms with Gasteiger partial charge in [0.15, 0.2) is 4.80 Å². The second kappa shape index (κ2) is 6.50. The zero-order chi connectivity index (χ0) is 15.5. The largest absolute Gasteiger partial charge is 0.305 e. The van der Waals surface area contributed by atoms with E-state index in [0.29, 0.717) is 6.54 Å². The van der Waals surface area contributed by atoms with Crippen LogP contribution in [-0.4, -0.2) is 10.5 Å².